The second-order valence-corrected chi connectivity index (χ2v) is 6.00. The van der Waals surface area contributed by atoms with Gasteiger partial charge in [0.05, 0.1) is 0 Å². The van der Waals surface area contributed by atoms with Crippen molar-refractivity contribution < 1.29 is 18.9 Å². The number of benzene rings is 1. The third-order valence-corrected chi connectivity index (χ3v) is 2.60. The molecule has 16 heavy (non-hydrogen) atoms. The van der Waals surface area contributed by atoms with Crippen molar-refractivity contribution in [2.45, 2.75) is 33.1 Å². The van der Waals surface area contributed by atoms with E-state index in [1.807, 2.05) is 39.8 Å². The van der Waals surface area contributed by atoms with Crippen molar-refractivity contribution in [2.24, 2.45) is 0 Å². The van der Waals surface area contributed by atoms with Gasteiger partial charge in [0, 0.05) is 5.56 Å². The fourth-order valence-electron chi connectivity index (χ4n) is 1.45. The van der Waals surface area contributed by atoms with Gasteiger partial charge in [0.15, 0.2) is 0 Å². The molecular formula is C11H17O4P. The first-order valence-electron chi connectivity index (χ1n) is 4.96. The highest BCUT2D eigenvalue weighted by Gasteiger charge is 2.24. The normalized spacial score (nSPS) is 12.6. The number of aryl methyl sites for hydroxylation is 1. The largest absolute Gasteiger partial charge is 0.524 e. The van der Waals surface area contributed by atoms with Crippen LogP contribution in [0, 0.1) is 6.92 Å². The average Bonchev–Trinajstić information content (AvgIpc) is 1.97. The molecule has 90 valence electrons. The molecule has 1 aromatic rings. The second-order valence-electron chi connectivity index (χ2n) is 4.83. The predicted molar refractivity (Wildman–Crippen MR) is 62.6 cm³/mol. The van der Waals surface area contributed by atoms with Crippen LogP contribution in [-0.2, 0) is 9.98 Å². The topological polar surface area (TPSA) is 66.8 Å². The van der Waals surface area contributed by atoms with Crippen molar-refractivity contribution in [1.29, 1.82) is 0 Å². The summed E-state index contributed by atoms with van der Waals surface area (Å²) in [5.74, 6) is 0.251. The van der Waals surface area contributed by atoms with Crippen LogP contribution in [0.2, 0.25) is 0 Å². The van der Waals surface area contributed by atoms with Gasteiger partial charge in [-0.05, 0) is 24.0 Å². The van der Waals surface area contributed by atoms with E-state index >= 15 is 0 Å². The minimum absolute atomic E-state index is 0.224. The number of hydrogen-bond acceptors (Lipinski definition) is 2. The Hall–Kier alpha value is -0.830. The van der Waals surface area contributed by atoms with E-state index in [-0.39, 0.29) is 11.2 Å². The molecule has 0 saturated heterocycles. The maximum absolute atomic E-state index is 10.9. The summed E-state index contributed by atoms with van der Waals surface area (Å²) < 4.78 is 15.6. The zero-order valence-electron chi connectivity index (χ0n) is 9.89. The summed E-state index contributed by atoms with van der Waals surface area (Å²) in [5, 5.41) is 0. The van der Waals surface area contributed by atoms with Gasteiger partial charge < -0.3 is 4.52 Å². The number of phosphoric acid groups is 1. The maximum Gasteiger partial charge on any atom is 0.524 e. The summed E-state index contributed by atoms with van der Waals surface area (Å²) >= 11 is 0. The Bertz CT molecular complexity index is 428. The Morgan fingerprint density at radius 2 is 1.81 bits per heavy atom. The number of hydrogen-bond donors (Lipinski definition) is 2. The minimum atomic E-state index is -4.50. The molecule has 0 aromatic heterocycles. The molecular weight excluding hydrogens is 227 g/mol. The standard InChI is InChI=1S/C11H17O4P/c1-8-5-6-9(11(2,3)4)10(7-8)15-16(12,13)14/h5-7H,1-4H3,(H2,12,13,14). The van der Waals surface area contributed by atoms with Crippen LogP contribution in [0.15, 0.2) is 18.2 Å². The third-order valence-electron chi connectivity index (χ3n) is 2.16. The Kier molecular flexibility index (Phi) is 3.48. The molecule has 1 rings (SSSR count). The molecule has 0 bridgehead atoms. The molecule has 2 N–H and O–H groups in total. The first-order valence-corrected chi connectivity index (χ1v) is 6.49. The van der Waals surface area contributed by atoms with Gasteiger partial charge in [0.2, 0.25) is 0 Å². The summed E-state index contributed by atoms with van der Waals surface area (Å²) in [7, 11) is -4.50. The molecule has 0 radical (unpaired) electrons. The highest BCUT2D eigenvalue weighted by atomic mass is 31.2. The Labute approximate surface area is 95.5 Å². The van der Waals surface area contributed by atoms with Gasteiger partial charge in [-0.25, -0.2) is 4.57 Å². The van der Waals surface area contributed by atoms with Crippen LogP contribution in [0.1, 0.15) is 31.9 Å². The first-order chi connectivity index (χ1) is 7.09. The van der Waals surface area contributed by atoms with Crippen molar-refractivity contribution >= 4 is 7.82 Å². The van der Waals surface area contributed by atoms with E-state index in [2.05, 4.69) is 0 Å². The van der Waals surface area contributed by atoms with Crippen LogP contribution in [0.4, 0.5) is 0 Å². The number of rotatable bonds is 2. The van der Waals surface area contributed by atoms with Gasteiger partial charge in [0.1, 0.15) is 5.75 Å². The lowest BCUT2D eigenvalue weighted by Gasteiger charge is -2.23. The third kappa shape index (κ3) is 3.63. The summed E-state index contributed by atoms with van der Waals surface area (Å²) in [6, 6.07) is 5.37. The second kappa shape index (κ2) is 4.21. The van der Waals surface area contributed by atoms with Gasteiger partial charge in [-0.1, -0.05) is 32.9 Å². The van der Waals surface area contributed by atoms with E-state index in [0.29, 0.717) is 0 Å². The van der Waals surface area contributed by atoms with Crippen LogP contribution in [0.3, 0.4) is 0 Å². The van der Waals surface area contributed by atoms with Gasteiger partial charge in [-0.15, -0.1) is 0 Å². The maximum atomic E-state index is 10.9. The zero-order chi connectivity index (χ0) is 12.6. The fraction of sp³-hybridized carbons (Fsp3) is 0.455. The molecule has 0 aliphatic rings. The van der Waals surface area contributed by atoms with Crippen molar-refractivity contribution in [3.63, 3.8) is 0 Å². The van der Waals surface area contributed by atoms with E-state index in [1.54, 1.807) is 6.07 Å². The SMILES string of the molecule is Cc1ccc(C(C)(C)C)c(OP(=O)(O)O)c1. The lowest BCUT2D eigenvalue weighted by molar-refractivity contribution is 0.281. The number of phosphoric ester groups is 1. The first kappa shape index (κ1) is 13.2. The molecule has 0 aliphatic carbocycles. The molecule has 1 aromatic carbocycles. The van der Waals surface area contributed by atoms with Crippen LogP contribution < -0.4 is 4.52 Å². The molecule has 0 saturated carbocycles. The highest BCUT2D eigenvalue weighted by molar-refractivity contribution is 7.46. The summed E-state index contributed by atoms with van der Waals surface area (Å²) in [6.45, 7) is 7.73. The van der Waals surface area contributed by atoms with Gasteiger partial charge in [-0.2, -0.15) is 0 Å². The minimum Gasteiger partial charge on any atom is -0.404 e. The quantitative estimate of drug-likeness (QED) is 0.785. The molecule has 5 heteroatoms. The van der Waals surface area contributed by atoms with E-state index in [0.717, 1.165) is 11.1 Å². The van der Waals surface area contributed by atoms with E-state index in [1.165, 1.54) is 0 Å². The van der Waals surface area contributed by atoms with E-state index in [9.17, 15) is 4.57 Å². The predicted octanol–water partition coefficient (Wildman–Crippen LogP) is 2.76. The Balaban J connectivity index is 3.24. The van der Waals surface area contributed by atoms with E-state index in [4.69, 9.17) is 14.3 Å². The van der Waals surface area contributed by atoms with Crippen LogP contribution in [-0.4, -0.2) is 9.79 Å². The Morgan fingerprint density at radius 3 is 2.25 bits per heavy atom. The van der Waals surface area contributed by atoms with Crippen LogP contribution >= 0.6 is 7.82 Å². The van der Waals surface area contributed by atoms with Gasteiger partial charge in [-0.3, -0.25) is 9.79 Å². The average molecular weight is 244 g/mol. The molecule has 0 aliphatic heterocycles. The van der Waals surface area contributed by atoms with Gasteiger partial charge in [0.25, 0.3) is 0 Å². The fourth-order valence-corrected chi connectivity index (χ4v) is 1.86. The van der Waals surface area contributed by atoms with Crippen molar-refractivity contribution in [3.8, 4) is 5.75 Å². The molecule has 0 fully saturated rings. The lowest BCUT2D eigenvalue weighted by atomic mass is 9.86. The summed E-state index contributed by atoms with van der Waals surface area (Å²) in [6.07, 6.45) is 0. The summed E-state index contributed by atoms with van der Waals surface area (Å²) in [4.78, 5) is 17.7. The smallest absolute Gasteiger partial charge is 0.404 e. The van der Waals surface area contributed by atoms with Crippen molar-refractivity contribution in [1.82, 2.24) is 0 Å². The van der Waals surface area contributed by atoms with E-state index < -0.39 is 7.82 Å². The lowest BCUT2D eigenvalue weighted by Crippen LogP contribution is -2.13. The monoisotopic (exact) mass is 244 g/mol. The molecule has 4 nitrogen and oxygen atoms in total. The molecule has 0 amide bonds. The van der Waals surface area contributed by atoms with Crippen LogP contribution in [0.25, 0.3) is 0 Å². The van der Waals surface area contributed by atoms with Crippen molar-refractivity contribution in [3.05, 3.63) is 29.3 Å². The highest BCUT2D eigenvalue weighted by Crippen LogP contribution is 2.42. The molecule has 0 heterocycles. The zero-order valence-corrected chi connectivity index (χ0v) is 10.8. The van der Waals surface area contributed by atoms with Crippen molar-refractivity contribution in [2.75, 3.05) is 0 Å². The molecule has 0 atom stereocenters. The molecule has 0 unspecified atom stereocenters. The van der Waals surface area contributed by atoms with Gasteiger partial charge >= 0.3 is 7.82 Å². The summed E-state index contributed by atoms with van der Waals surface area (Å²) in [5.41, 5.74) is 1.45. The van der Waals surface area contributed by atoms with Crippen LogP contribution in [0.5, 0.6) is 5.75 Å². The Morgan fingerprint density at radius 1 is 1.25 bits per heavy atom. The molecule has 0 spiro atoms.